The Morgan fingerprint density at radius 2 is 2.38 bits per heavy atom. The van der Waals surface area contributed by atoms with E-state index in [4.69, 9.17) is 5.73 Å². The molecule has 0 saturated heterocycles. The van der Waals surface area contributed by atoms with Gasteiger partial charge in [-0.3, -0.25) is 9.78 Å². The van der Waals surface area contributed by atoms with Crippen molar-refractivity contribution in [2.24, 2.45) is 11.1 Å². The molecule has 0 spiro atoms. The van der Waals surface area contributed by atoms with Crippen molar-refractivity contribution in [2.45, 2.75) is 26.2 Å². The fourth-order valence-electron chi connectivity index (χ4n) is 1.70. The summed E-state index contributed by atoms with van der Waals surface area (Å²) in [5.74, 6) is -0.804. The molecule has 0 amide bonds. The number of aryl methyl sites for hydroxylation is 1. The van der Waals surface area contributed by atoms with E-state index in [1.54, 1.807) is 12.4 Å². The summed E-state index contributed by atoms with van der Waals surface area (Å²) in [6.45, 7) is 2.04. The van der Waals surface area contributed by atoms with Crippen LogP contribution in [-0.2, 0) is 11.2 Å². The molecule has 0 aromatic carbocycles. The summed E-state index contributed by atoms with van der Waals surface area (Å²) in [5, 5.41) is 9.21. The number of rotatable bonds is 6. The van der Waals surface area contributed by atoms with Gasteiger partial charge in [0.1, 0.15) is 0 Å². The predicted octanol–water partition coefficient (Wildman–Crippen LogP) is 1.45. The summed E-state index contributed by atoms with van der Waals surface area (Å²) >= 11 is 0. The molecule has 0 aliphatic rings. The first-order chi connectivity index (χ1) is 7.64. The van der Waals surface area contributed by atoms with E-state index in [0.29, 0.717) is 19.3 Å². The maximum absolute atomic E-state index is 11.2. The van der Waals surface area contributed by atoms with Gasteiger partial charge in [0.2, 0.25) is 0 Å². The molecular formula is C12H18N2O2. The maximum Gasteiger partial charge on any atom is 0.310 e. The van der Waals surface area contributed by atoms with Crippen LogP contribution in [0.4, 0.5) is 0 Å². The zero-order valence-corrected chi connectivity index (χ0v) is 9.52. The van der Waals surface area contributed by atoms with Crippen LogP contribution in [0.2, 0.25) is 0 Å². The number of nitrogens with zero attached hydrogens (tertiary/aromatic N) is 1. The monoisotopic (exact) mass is 222 g/mol. The van der Waals surface area contributed by atoms with Gasteiger partial charge in [-0.1, -0.05) is 13.0 Å². The minimum Gasteiger partial charge on any atom is -0.481 e. The van der Waals surface area contributed by atoms with Crippen molar-refractivity contribution in [2.75, 3.05) is 6.54 Å². The molecule has 1 aromatic heterocycles. The normalized spacial score (nSPS) is 14.4. The van der Waals surface area contributed by atoms with Gasteiger partial charge in [-0.05, 0) is 30.9 Å². The summed E-state index contributed by atoms with van der Waals surface area (Å²) < 4.78 is 0. The highest BCUT2D eigenvalue weighted by Crippen LogP contribution is 2.27. The van der Waals surface area contributed by atoms with E-state index in [-0.39, 0.29) is 6.54 Å². The van der Waals surface area contributed by atoms with Gasteiger partial charge in [0.15, 0.2) is 0 Å². The standard InChI is InChI=1S/C12H18N2O2/c1-2-12(9-13,11(15)16)6-5-10-4-3-7-14-8-10/h3-4,7-8H,2,5-6,9,13H2,1H3,(H,15,16). The topological polar surface area (TPSA) is 76.2 Å². The molecule has 0 radical (unpaired) electrons. The molecule has 1 aromatic rings. The number of carboxylic acids is 1. The summed E-state index contributed by atoms with van der Waals surface area (Å²) in [5.41, 5.74) is 5.84. The average Bonchev–Trinajstić information content (AvgIpc) is 2.32. The number of pyridine rings is 1. The van der Waals surface area contributed by atoms with Gasteiger partial charge in [-0.15, -0.1) is 0 Å². The van der Waals surface area contributed by atoms with Crippen molar-refractivity contribution < 1.29 is 9.90 Å². The van der Waals surface area contributed by atoms with E-state index in [1.807, 2.05) is 19.1 Å². The van der Waals surface area contributed by atoms with E-state index in [9.17, 15) is 9.90 Å². The fraction of sp³-hybridized carbons (Fsp3) is 0.500. The first-order valence-corrected chi connectivity index (χ1v) is 5.47. The Labute approximate surface area is 95.5 Å². The largest absolute Gasteiger partial charge is 0.481 e. The fourth-order valence-corrected chi connectivity index (χ4v) is 1.70. The molecule has 3 N–H and O–H groups in total. The second kappa shape index (κ2) is 5.61. The molecule has 4 heteroatoms. The van der Waals surface area contributed by atoms with Crippen LogP contribution >= 0.6 is 0 Å². The van der Waals surface area contributed by atoms with E-state index < -0.39 is 11.4 Å². The van der Waals surface area contributed by atoms with E-state index in [2.05, 4.69) is 4.98 Å². The van der Waals surface area contributed by atoms with Crippen molar-refractivity contribution in [1.29, 1.82) is 0 Å². The number of aromatic nitrogens is 1. The molecule has 0 saturated carbocycles. The lowest BCUT2D eigenvalue weighted by Crippen LogP contribution is -2.38. The highest BCUT2D eigenvalue weighted by atomic mass is 16.4. The maximum atomic E-state index is 11.2. The number of nitrogens with two attached hydrogens (primary N) is 1. The van der Waals surface area contributed by atoms with Crippen LogP contribution in [-0.4, -0.2) is 22.6 Å². The average molecular weight is 222 g/mol. The summed E-state index contributed by atoms with van der Waals surface area (Å²) in [7, 11) is 0. The Hall–Kier alpha value is -1.42. The SMILES string of the molecule is CCC(CN)(CCc1cccnc1)C(=O)O. The quantitative estimate of drug-likeness (QED) is 0.763. The van der Waals surface area contributed by atoms with Crippen molar-refractivity contribution in [3.63, 3.8) is 0 Å². The Kier molecular flexibility index (Phi) is 4.43. The van der Waals surface area contributed by atoms with Crippen LogP contribution in [0.1, 0.15) is 25.3 Å². The molecular weight excluding hydrogens is 204 g/mol. The van der Waals surface area contributed by atoms with Gasteiger partial charge < -0.3 is 10.8 Å². The molecule has 1 rings (SSSR count). The molecule has 88 valence electrons. The van der Waals surface area contributed by atoms with E-state index in [1.165, 1.54) is 0 Å². The molecule has 0 bridgehead atoms. The van der Waals surface area contributed by atoms with Crippen molar-refractivity contribution >= 4 is 5.97 Å². The second-order valence-electron chi connectivity index (χ2n) is 4.00. The van der Waals surface area contributed by atoms with Crippen LogP contribution in [0, 0.1) is 5.41 Å². The first kappa shape index (κ1) is 12.6. The minimum absolute atomic E-state index is 0.180. The third-order valence-electron chi connectivity index (χ3n) is 3.14. The van der Waals surface area contributed by atoms with Crippen LogP contribution in [0.25, 0.3) is 0 Å². The lowest BCUT2D eigenvalue weighted by atomic mass is 9.80. The summed E-state index contributed by atoms with van der Waals surface area (Å²) in [4.78, 5) is 15.2. The highest BCUT2D eigenvalue weighted by Gasteiger charge is 2.34. The van der Waals surface area contributed by atoms with Gasteiger partial charge in [-0.2, -0.15) is 0 Å². The molecule has 0 fully saturated rings. The highest BCUT2D eigenvalue weighted by molar-refractivity contribution is 5.74. The third-order valence-corrected chi connectivity index (χ3v) is 3.14. The molecule has 1 unspecified atom stereocenters. The lowest BCUT2D eigenvalue weighted by molar-refractivity contribution is -0.149. The summed E-state index contributed by atoms with van der Waals surface area (Å²) in [6, 6.07) is 3.80. The van der Waals surface area contributed by atoms with Gasteiger partial charge >= 0.3 is 5.97 Å². The van der Waals surface area contributed by atoms with Gasteiger partial charge in [0, 0.05) is 18.9 Å². The van der Waals surface area contributed by atoms with Crippen molar-refractivity contribution in [3.8, 4) is 0 Å². The molecule has 1 heterocycles. The number of carboxylic acid groups (broad SMARTS) is 1. The summed E-state index contributed by atoms with van der Waals surface area (Å²) in [6.07, 6.45) is 5.28. The Morgan fingerprint density at radius 1 is 1.62 bits per heavy atom. The van der Waals surface area contributed by atoms with Crippen LogP contribution < -0.4 is 5.73 Å². The van der Waals surface area contributed by atoms with Crippen molar-refractivity contribution in [3.05, 3.63) is 30.1 Å². The molecule has 1 atom stereocenters. The lowest BCUT2D eigenvalue weighted by Gasteiger charge is -2.26. The predicted molar refractivity (Wildman–Crippen MR) is 62.0 cm³/mol. The van der Waals surface area contributed by atoms with Crippen molar-refractivity contribution in [1.82, 2.24) is 4.98 Å². The van der Waals surface area contributed by atoms with Crippen LogP contribution in [0.5, 0.6) is 0 Å². The number of aliphatic carboxylic acids is 1. The van der Waals surface area contributed by atoms with Gasteiger partial charge in [0.25, 0.3) is 0 Å². The molecule has 0 aliphatic heterocycles. The Morgan fingerprint density at radius 3 is 2.81 bits per heavy atom. The molecule has 16 heavy (non-hydrogen) atoms. The van der Waals surface area contributed by atoms with Crippen LogP contribution in [0.15, 0.2) is 24.5 Å². The molecule has 4 nitrogen and oxygen atoms in total. The molecule has 0 aliphatic carbocycles. The van der Waals surface area contributed by atoms with Crippen LogP contribution in [0.3, 0.4) is 0 Å². The zero-order chi connectivity index (χ0) is 12.0. The number of hydrogen-bond acceptors (Lipinski definition) is 3. The third kappa shape index (κ3) is 2.79. The minimum atomic E-state index is -0.804. The second-order valence-corrected chi connectivity index (χ2v) is 4.00. The first-order valence-electron chi connectivity index (χ1n) is 5.47. The van der Waals surface area contributed by atoms with Gasteiger partial charge in [0.05, 0.1) is 5.41 Å². The number of hydrogen-bond donors (Lipinski definition) is 2. The smallest absolute Gasteiger partial charge is 0.310 e. The van der Waals surface area contributed by atoms with E-state index >= 15 is 0 Å². The zero-order valence-electron chi connectivity index (χ0n) is 9.52. The Bertz CT molecular complexity index is 334. The van der Waals surface area contributed by atoms with E-state index in [0.717, 1.165) is 5.56 Å². The number of carbonyl (C=O) groups is 1. The van der Waals surface area contributed by atoms with Gasteiger partial charge in [-0.25, -0.2) is 0 Å². The Balaban J connectivity index is 2.67.